The van der Waals surface area contributed by atoms with Gasteiger partial charge in [-0.05, 0) is 36.4 Å². The Bertz CT molecular complexity index is 1400. The van der Waals surface area contributed by atoms with Crippen LogP contribution in [0.5, 0.6) is 5.75 Å². The van der Waals surface area contributed by atoms with Gasteiger partial charge in [0.1, 0.15) is 17.7 Å². The molecule has 0 saturated carbocycles. The zero-order chi connectivity index (χ0) is 23.8. The number of pyridine rings is 1. The van der Waals surface area contributed by atoms with Crippen molar-refractivity contribution in [2.45, 2.75) is 6.17 Å². The monoisotopic (exact) mass is 466 g/mol. The van der Waals surface area contributed by atoms with Crippen LogP contribution < -0.4 is 19.9 Å². The molecule has 1 saturated heterocycles. The smallest absolute Gasteiger partial charge is 0.262 e. The largest absolute Gasteiger partial charge is 0.495 e. The molecule has 2 aliphatic heterocycles. The molecule has 3 heterocycles. The van der Waals surface area contributed by atoms with E-state index in [1.165, 1.54) is 0 Å². The van der Waals surface area contributed by atoms with E-state index in [2.05, 4.69) is 22.3 Å². The molecule has 1 fully saturated rings. The molecule has 7 nitrogen and oxygen atoms in total. The van der Waals surface area contributed by atoms with E-state index < -0.39 is 6.17 Å². The first-order chi connectivity index (χ1) is 17.2. The number of nitrogens with zero attached hydrogens (tertiary/aromatic N) is 3. The zero-order valence-electron chi connectivity index (χ0n) is 19.5. The standard InChI is InChI=1S/C28H26N4O3/c1-34-25-13-7-6-12-24(25)32-27(30-23-11-5-3-9-20(23)28(32)33)21-18-19-8-2-4-10-22(19)29-26(21)31-14-16-35-17-15-31/h2-13,18,27,30H,14-17H2,1H3/t27-/m0/s1. The molecule has 1 amide bonds. The second-order valence-corrected chi connectivity index (χ2v) is 8.63. The number of para-hydroxylation sites is 4. The van der Waals surface area contributed by atoms with Gasteiger partial charge in [0, 0.05) is 29.7 Å². The normalized spacial score (nSPS) is 17.7. The van der Waals surface area contributed by atoms with Gasteiger partial charge in [-0.1, -0.05) is 42.5 Å². The van der Waals surface area contributed by atoms with Crippen LogP contribution >= 0.6 is 0 Å². The lowest BCUT2D eigenvalue weighted by atomic mass is 10.0. The molecule has 4 aromatic rings. The van der Waals surface area contributed by atoms with Crippen LogP contribution in [-0.4, -0.2) is 44.3 Å². The highest BCUT2D eigenvalue weighted by Crippen LogP contribution is 2.43. The van der Waals surface area contributed by atoms with Gasteiger partial charge < -0.3 is 19.7 Å². The molecule has 6 rings (SSSR count). The summed E-state index contributed by atoms with van der Waals surface area (Å²) >= 11 is 0. The maximum absolute atomic E-state index is 14.0. The Balaban J connectivity index is 1.58. The minimum atomic E-state index is -0.483. The van der Waals surface area contributed by atoms with Crippen LogP contribution in [0.4, 0.5) is 17.2 Å². The van der Waals surface area contributed by atoms with E-state index in [1.54, 1.807) is 12.0 Å². The van der Waals surface area contributed by atoms with Crippen molar-refractivity contribution in [3.63, 3.8) is 0 Å². The van der Waals surface area contributed by atoms with Gasteiger partial charge >= 0.3 is 0 Å². The first kappa shape index (κ1) is 21.4. The minimum absolute atomic E-state index is 0.0880. The van der Waals surface area contributed by atoms with Gasteiger partial charge in [0.2, 0.25) is 0 Å². The summed E-state index contributed by atoms with van der Waals surface area (Å²) in [7, 11) is 1.63. The van der Waals surface area contributed by atoms with Crippen molar-refractivity contribution in [3.05, 3.63) is 90.0 Å². The molecule has 3 aromatic carbocycles. The van der Waals surface area contributed by atoms with E-state index in [9.17, 15) is 4.79 Å². The predicted molar refractivity (Wildman–Crippen MR) is 137 cm³/mol. The average molecular weight is 467 g/mol. The van der Waals surface area contributed by atoms with Gasteiger partial charge in [0.15, 0.2) is 0 Å². The first-order valence-corrected chi connectivity index (χ1v) is 11.8. The molecular formula is C28H26N4O3. The Hall–Kier alpha value is -4.10. The molecular weight excluding hydrogens is 440 g/mol. The molecule has 0 bridgehead atoms. The lowest BCUT2D eigenvalue weighted by molar-refractivity contribution is 0.0974. The fraction of sp³-hybridized carbons (Fsp3) is 0.214. The number of benzene rings is 3. The average Bonchev–Trinajstić information content (AvgIpc) is 2.93. The third-order valence-corrected chi connectivity index (χ3v) is 6.61. The summed E-state index contributed by atoms with van der Waals surface area (Å²) in [6, 6.07) is 25.5. The number of carbonyl (C=O) groups excluding carboxylic acids is 1. The molecule has 0 radical (unpaired) electrons. The highest BCUT2D eigenvalue weighted by atomic mass is 16.5. The molecule has 35 heavy (non-hydrogen) atoms. The number of amides is 1. The first-order valence-electron chi connectivity index (χ1n) is 11.8. The second-order valence-electron chi connectivity index (χ2n) is 8.63. The summed E-state index contributed by atoms with van der Waals surface area (Å²) in [5.41, 5.74) is 3.97. The number of carbonyl (C=O) groups is 1. The number of hydrogen-bond donors (Lipinski definition) is 1. The SMILES string of the molecule is COc1ccccc1N1C(=O)c2ccccc2N[C@@H]1c1cc2ccccc2nc1N1CCOCC1. The summed E-state index contributed by atoms with van der Waals surface area (Å²) in [5.74, 6) is 1.40. The molecule has 0 aliphatic carbocycles. The van der Waals surface area contributed by atoms with Crippen LogP contribution in [0.25, 0.3) is 10.9 Å². The van der Waals surface area contributed by atoms with E-state index in [-0.39, 0.29) is 5.91 Å². The number of morpholine rings is 1. The second kappa shape index (κ2) is 8.92. The number of nitrogens with one attached hydrogen (secondary N) is 1. The minimum Gasteiger partial charge on any atom is -0.495 e. The van der Waals surface area contributed by atoms with Crippen molar-refractivity contribution in [2.24, 2.45) is 0 Å². The predicted octanol–water partition coefficient (Wildman–Crippen LogP) is 4.85. The third kappa shape index (κ3) is 3.74. The Morgan fingerprint density at radius 3 is 2.57 bits per heavy atom. The van der Waals surface area contributed by atoms with Crippen LogP contribution in [-0.2, 0) is 4.74 Å². The van der Waals surface area contributed by atoms with Gasteiger partial charge in [-0.2, -0.15) is 0 Å². The van der Waals surface area contributed by atoms with E-state index >= 15 is 0 Å². The van der Waals surface area contributed by atoms with Crippen LogP contribution in [0.3, 0.4) is 0 Å². The van der Waals surface area contributed by atoms with E-state index in [0.717, 1.165) is 41.1 Å². The van der Waals surface area contributed by atoms with E-state index in [0.29, 0.717) is 30.2 Å². The molecule has 1 N–H and O–H groups in total. The van der Waals surface area contributed by atoms with Gasteiger partial charge in [0.25, 0.3) is 5.91 Å². The molecule has 0 spiro atoms. The molecule has 176 valence electrons. The maximum atomic E-state index is 14.0. The quantitative estimate of drug-likeness (QED) is 0.464. The summed E-state index contributed by atoms with van der Waals surface area (Å²) in [5, 5.41) is 4.66. The highest BCUT2D eigenvalue weighted by Gasteiger charge is 2.38. The summed E-state index contributed by atoms with van der Waals surface area (Å²) in [6.07, 6.45) is -0.483. The molecule has 1 aromatic heterocycles. The zero-order valence-corrected chi connectivity index (χ0v) is 19.5. The van der Waals surface area contributed by atoms with Crippen molar-refractivity contribution in [2.75, 3.05) is 48.5 Å². The van der Waals surface area contributed by atoms with Crippen LogP contribution in [0, 0.1) is 0 Å². The number of fused-ring (bicyclic) bond motifs is 2. The van der Waals surface area contributed by atoms with Crippen molar-refractivity contribution in [3.8, 4) is 5.75 Å². The van der Waals surface area contributed by atoms with Crippen LogP contribution in [0.15, 0.2) is 78.9 Å². The third-order valence-electron chi connectivity index (χ3n) is 6.61. The van der Waals surface area contributed by atoms with Crippen molar-refractivity contribution < 1.29 is 14.3 Å². The molecule has 7 heteroatoms. The lowest BCUT2D eigenvalue weighted by Crippen LogP contribution is -2.45. The highest BCUT2D eigenvalue weighted by molar-refractivity contribution is 6.13. The number of aromatic nitrogens is 1. The van der Waals surface area contributed by atoms with Crippen molar-refractivity contribution in [1.29, 1.82) is 0 Å². The number of hydrogen-bond acceptors (Lipinski definition) is 6. The Labute approximate surface area is 203 Å². The fourth-order valence-corrected chi connectivity index (χ4v) is 4.90. The molecule has 2 aliphatic rings. The summed E-state index contributed by atoms with van der Waals surface area (Å²) < 4.78 is 11.3. The number of ether oxygens (including phenoxy) is 2. The summed E-state index contributed by atoms with van der Waals surface area (Å²) in [4.78, 5) is 23.1. The molecule has 0 unspecified atom stereocenters. The Morgan fingerprint density at radius 2 is 1.71 bits per heavy atom. The van der Waals surface area contributed by atoms with Crippen molar-refractivity contribution >= 4 is 34.0 Å². The summed E-state index contributed by atoms with van der Waals surface area (Å²) in [6.45, 7) is 2.77. The van der Waals surface area contributed by atoms with Gasteiger partial charge in [-0.15, -0.1) is 0 Å². The maximum Gasteiger partial charge on any atom is 0.262 e. The van der Waals surface area contributed by atoms with Crippen LogP contribution in [0.2, 0.25) is 0 Å². The number of methoxy groups -OCH3 is 1. The molecule has 1 atom stereocenters. The van der Waals surface area contributed by atoms with Gasteiger partial charge in [-0.3, -0.25) is 9.69 Å². The van der Waals surface area contributed by atoms with E-state index in [4.69, 9.17) is 14.5 Å². The number of rotatable bonds is 4. The topological polar surface area (TPSA) is 66.9 Å². The van der Waals surface area contributed by atoms with Gasteiger partial charge in [-0.25, -0.2) is 4.98 Å². The van der Waals surface area contributed by atoms with Crippen molar-refractivity contribution in [1.82, 2.24) is 4.98 Å². The Morgan fingerprint density at radius 1 is 0.971 bits per heavy atom. The van der Waals surface area contributed by atoms with E-state index in [1.807, 2.05) is 66.7 Å². The van der Waals surface area contributed by atoms with Crippen LogP contribution in [0.1, 0.15) is 22.1 Å². The fourth-order valence-electron chi connectivity index (χ4n) is 4.90. The number of anilines is 3. The lowest BCUT2D eigenvalue weighted by Gasteiger charge is -2.40. The Kier molecular flexibility index (Phi) is 5.47. The van der Waals surface area contributed by atoms with Gasteiger partial charge in [0.05, 0.1) is 37.1 Å².